The van der Waals surface area contributed by atoms with Gasteiger partial charge < -0.3 is 10.1 Å². The number of fused-ring (bicyclic) bond motifs is 1. The Morgan fingerprint density at radius 3 is 2.52 bits per heavy atom. The molecule has 10 heteroatoms. The molecule has 0 fully saturated rings. The van der Waals surface area contributed by atoms with Crippen LogP contribution in [0.2, 0.25) is 0 Å². The van der Waals surface area contributed by atoms with E-state index in [2.05, 4.69) is 5.32 Å². The van der Waals surface area contributed by atoms with Gasteiger partial charge in [0.25, 0.3) is 23.4 Å². The molecule has 31 heavy (non-hydrogen) atoms. The topological polar surface area (TPSA) is 136 Å². The number of ether oxygens (including phenoxy) is 1. The van der Waals surface area contributed by atoms with Crippen molar-refractivity contribution in [2.45, 2.75) is 20.3 Å². The number of carbonyl (C=O) groups excluding carboxylic acids is 4. The first-order chi connectivity index (χ1) is 14.7. The molecule has 0 saturated heterocycles. The molecule has 2 aromatic rings. The Kier molecular flexibility index (Phi) is 6.10. The van der Waals surface area contributed by atoms with E-state index in [1.807, 2.05) is 32.0 Å². The number of anilines is 1. The molecule has 0 saturated carbocycles. The van der Waals surface area contributed by atoms with Gasteiger partial charge in [-0.3, -0.25) is 34.2 Å². The van der Waals surface area contributed by atoms with Crippen molar-refractivity contribution in [2.75, 3.05) is 18.5 Å². The number of nitro benzene ring substituents is 1. The summed E-state index contributed by atoms with van der Waals surface area (Å²) in [5.41, 5.74) is 1.37. The first kappa shape index (κ1) is 21.6. The molecule has 0 aliphatic carbocycles. The third kappa shape index (κ3) is 4.27. The summed E-state index contributed by atoms with van der Waals surface area (Å²) in [6, 6.07) is 9.24. The number of hydrogen-bond acceptors (Lipinski definition) is 7. The molecule has 3 rings (SSSR count). The van der Waals surface area contributed by atoms with Gasteiger partial charge in [0.1, 0.15) is 12.1 Å². The van der Waals surface area contributed by atoms with Crippen LogP contribution in [-0.4, -0.2) is 46.7 Å². The zero-order valence-electron chi connectivity index (χ0n) is 16.8. The fourth-order valence-electron chi connectivity index (χ4n) is 3.31. The number of nitrogens with zero attached hydrogens (tertiary/aromatic N) is 2. The van der Waals surface area contributed by atoms with Crippen LogP contribution in [0.1, 0.15) is 38.8 Å². The molecule has 0 spiro atoms. The van der Waals surface area contributed by atoms with Crippen molar-refractivity contribution in [2.24, 2.45) is 0 Å². The van der Waals surface area contributed by atoms with Crippen molar-refractivity contribution in [3.05, 3.63) is 68.8 Å². The van der Waals surface area contributed by atoms with E-state index in [0.717, 1.165) is 17.2 Å². The van der Waals surface area contributed by atoms with Crippen molar-refractivity contribution in [1.29, 1.82) is 0 Å². The molecule has 10 nitrogen and oxygen atoms in total. The van der Waals surface area contributed by atoms with Crippen LogP contribution in [0.4, 0.5) is 11.4 Å². The number of rotatable bonds is 7. The van der Waals surface area contributed by atoms with Gasteiger partial charge in [-0.25, -0.2) is 0 Å². The van der Waals surface area contributed by atoms with Gasteiger partial charge in [-0.05, 0) is 30.5 Å². The minimum atomic E-state index is -0.993. The molecule has 0 unspecified atom stereocenters. The van der Waals surface area contributed by atoms with E-state index in [0.29, 0.717) is 17.0 Å². The van der Waals surface area contributed by atoms with Gasteiger partial charge in [0.05, 0.1) is 10.5 Å². The summed E-state index contributed by atoms with van der Waals surface area (Å²) in [6.45, 7) is 2.40. The summed E-state index contributed by atoms with van der Waals surface area (Å²) in [5.74, 6) is -3.36. The number of carbonyl (C=O) groups is 4. The lowest BCUT2D eigenvalue weighted by molar-refractivity contribution is -0.385. The van der Waals surface area contributed by atoms with Crippen LogP contribution >= 0.6 is 0 Å². The standard InChI is InChI=1S/C21H19N3O7/c1-3-13-7-4-6-12(2)19(13)22-16(25)11-31-17(26)10-23-20(27)14-8-5-9-15(24(29)30)18(14)21(23)28/h4-9H,3,10-11H2,1-2H3,(H,22,25). The molecule has 160 valence electrons. The fraction of sp³-hybridized carbons (Fsp3) is 0.238. The second kappa shape index (κ2) is 8.74. The second-order valence-corrected chi connectivity index (χ2v) is 6.82. The lowest BCUT2D eigenvalue weighted by Crippen LogP contribution is -2.36. The van der Waals surface area contributed by atoms with E-state index in [1.165, 1.54) is 12.1 Å². The third-order valence-electron chi connectivity index (χ3n) is 4.83. The highest BCUT2D eigenvalue weighted by atomic mass is 16.6. The zero-order chi connectivity index (χ0) is 22.7. The van der Waals surface area contributed by atoms with Crippen LogP contribution in [-0.2, 0) is 20.7 Å². The molecule has 0 atom stereocenters. The molecule has 0 aromatic heterocycles. The average Bonchev–Trinajstić information content (AvgIpc) is 2.98. The number of aryl methyl sites for hydroxylation is 2. The highest BCUT2D eigenvalue weighted by molar-refractivity contribution is 6.24. The summed E-state index contributed by atoms with van der Waals surface area (Å²) < 4.78 is 4.89. The molecule has 3 amide bonds. The molecule has 1 N–H and O–H groups in total. The summed E-state index contributed by atoms with van der Waals surface area (Å²) in [7, 11) is 0. The van der Waals surface area contributed by atoms with Crippen molar-refractivity contribution < 1.29 is 28.8 Å². The van der Waals surface area contributed by atoms with Gasteiger partial charge in [-0.1, -0.05) is 31.2 Å². The van der Waals surface area contributed by atoms with Crippen molar-refractivity contribution in [3.63, 3.8) is 0 Å². The molecule has 0 bridgehead atoms. The van der Waals surface area contributed by atoms with Crippen LogP contribution in [0.5, 0.6) is 0 Å². The van der Waals surface area contributed by atoms with Crippen molar-refractivity contribution in [1.82, 2.24) is 4.90 Å². The number of nitrogens with one attached hydrogen (secondary N) is 1. The van der Waals surface area contributed by atoms with Crippen LogP contribution in [0.25, 0.3) is 0 Å². The number of imide groups is 1. The summed E-state index contributed by atoms with van der Waals surface area (Å²) in [4.78, 5) is 60.1. The average molecular weight is 425 g/mol. The molecular weight excluding hydrogens is 406 g/mol. The number of esters is 1. The summed E-state index contributed by atoms with van der Waals surface area (Å²) in [5, 5.41) is 13.8. The number of amides is 3. The lowest BCUT2D eigenvalue weighted by atomic mass is 10.1. The van der Waals surface area contributed by atoms with Crippen LogP contribution < -0.4 is 5.32 Å². The predicted octanol–water partition coefficient (Wildman–Crippen LogP) is 2.24. The van der Waals surface area contributed by atoms with Gasteiger partial charge in [0.2, 0.25) is 0 Å². The third-order valence-corrected chi connectivity index (χ3v) is 4.83. The van der Waals surface area contributed by atoms with Crippen LogP contribution in [0.15, 0.2) is 36.4 Å². The van der Waals surface area contributed by atoms with E-state index in [9.17, 15) is 29.3 Å². The SMILES string of the molecule is CCc1cccc(C)c1NC(=O)COC(=O)CN1C(=O)c2cccc([N+](=O)[O-])c2C1=O. The van der Waals surface area contributed by atoms with Gasteiger partial charge in [-0.15, -0.1) is 0 Å². The molecular formula is C21H19N3O7. The van der Waals surface area contributed by atoms with E-state index in [1.54, 1.807) is 0 Å². The lowest BCUT2D eigenvalue weighted by Gasteiger charge is -2.14. The van der Waals surface area contributed by atoms with Gasteiger partial charge in [0, 0.05) is 11.8 Å². The van der Waals surface area contributed by atoms with Gasteiger partial charge >= 0.3 is 5.97 Å². The zero-order valence-corrected chi connectivity index (χ0v) is 16.8. The second-order valence-electron chi connectivity index (χ2n) is 6.82. The maximum absolute atomic E-state index is 12.5. The smallest absolute Gasteiger partial charge is 0.326 e. The summed E-state index contributed by atoms with van der Waals surface area (Å²) in [6.07, 6.45) is 0.697. The predicted molar refractivity (Wildman–Crippen MR) is 109 cm³/mol. The minimum absolute atomic E-state index is 0.156. The normalized spacial score (nSPS) is 12.5. The Morgan fingerprint density at radius 2 is 1.84 bits per heavy atom. The monoisotopic (exact) mass is 425 g/mol. The Bertz CT molecular complexity index is 1110. The number of nitro groups is 1. The Hall–Kier alpha value is -4.08. The van der Waals surface area contributed by atoms with E-state index in [4.69, 9.17) is 4.74 Å². The Morgan fingerprint density at radius 1 is 1.13 bits per heavy atom. The largest absolute Gasteiger partial charge is 0.454 e. The molecule has 1 aliphatic rings. The number of para-hydroxylation sites is 1. The Labute approximate surface area is 176 Å². The molecule has 1 aliphatic heterocycles. The number of benzene rings is 2. The molecule has 1 heterocycles. The van der Waals surface area contributed by atoms with Crippen LogP contribution in [0.3, 0.4) is 0 Å². The highest BCUT2D eigenvalue weighted by Gasteiger charge is 2.41. The van der Waals surface area contributed by atoms with E-state index >= 15 is 0 Å². The maximum atomic E-state index is 12.5. The van der Waals surface area contributed by atoms with E-state index < -0.39 is 47.5 Å². The quantitative estimate of drug-likeness (QED) is 0.311. The molecule has 0 radical (unpaired) electrons. The minimum Gasteiger partial charge on any atom is -0.454 e. The molecule has 2 aromatic carbocycles. The number of hydrogen-bond donors (Lipinski definition) is 1. The maximum Gasteiger partial charge on any atom is 0.326 e. The highest BCUT2D eigenvalue weighted by Crippen LogP contribution is 2.30. The van der Waals surface area contributed by atoms with Gasteiger partial charge in [0.15, 0.2) is 6.61 Å². The first-order valence-corrected chi connectivity index (χ1v) is 9.42. The first-order valence-electron chi connectivity index (χ1n) is 9.42. The van der Waals surface area contributed by atoms with Gasteiger partial charge in [-0.2, -0.15) is 0 Å². The summed E-state index contributed by atoms with van der Waals surface area (Å²) >= 11 is 0. The van der Waals surface area contributed by atoms with Crippen molar-refractivity contribution in [3.8, 4) is 0 Å². The van der Waals surface area contributed by atoms with Crippen molar-refractivity contribution >= 4 is 35.1 Å². The van der Waals surface area contributed by atoms with Crippen LogP contribution in [0, 0.1) is 17.0 Å². The Balaban J connectivity index is 1.62. The fourth-order valence-corrected chi connectivity index (χ4v) is 3.31. The van der Waals surface area contributed by atoms with E-state index in [-0.39, 0.29) is 11.1 Å².